The number of likely N-dealkylation sites (tertiary alicyclic amines) is 1. The number of rotatable bonds is 3. The average Bonchev–Trinajstić information content (AvgIpc) is 2.29. The molecule has 2 aliphatic rings. The molecular weight excluding hydrogens is 196 g/mol. The molecule has 2 unspecified atom stereocenters. The van der Waals surface area contributed by atoms with Gasteiger partial charge in [0.1, 0.15) is 0 Å². The van der Waals surface area contributed by atoms with E-state index < -0.39 is 0 Å². The summed E-state index contributed by atoms with van der Waals surface area (Å²) in [4.78, 5) is 2.65. The molecule has 1 saturated carbocycles. The van der Waals surface area contributed by atoms with Crippen LogP contribution < -0.4 is 5.73 Å². The molecule has 94 valence electrons. The Hall–Kier alpha value is -0.0800. The van der Waals surface area contributed by atoms with Gasteiger partial charge in [0.25, 0.3) is 0 Å². The summed E-state index contributed by atoms with van der Waals surface area (Å²) in [5, 5.41) is 0. The molecule has 2 N–H and O–H groups in total. The Morgan fingerprint density at radius 3 is 2.50 bits per heavy atom. The second kappa shape index (κ2) is 6.02. The Balaban J connectivity index is 1.78. The third-order valence-electron chi connectivity index (χ3n) is 4.46. The molecule has 16 heavy (non-hydrogen) atoms. The molecule has 0 aromatic rings. The molecule has 0 aromatic heterocycles. The summed E-state index contributed by atoms with van der Waals surface area (Å²) in [6, 6.07) is 0.433. The van der Waals surface area contributed by atoms with Gasteiger partial charge in [-0.15, -0.1) is 0 Å². The molecule has 1 heterocycles. The molecule has 0 aromatic carbocycles. The van der Waals surface area contributed by atoms with Crippen molar-refractivity contribution in [1.29, 1.82) is 0 Å². The summed E-state index contributed by atoms with van der Waals surface area (Å²) in [6.07, 6.45) is 9.86. The van der Waals surface area contributed by atoms with Crippen LogP contribution in [-0.4, -0.2) is 30.6 Å². The Morgan fingerprint density at radius 2 is 1.81 bits per heavy atom. The fraction of sp³-hybridized carbons (Fsp3) is 1.00. The van der Waals surface area contributed by atoms with E-state index in [0.717, 1.165) is 18.4 Å². The minimum Gasteiger partial charge on any atom is -0.327 e. The van der Waals surface area contributed by atoms with Gasteiger partial charge >= 0.3 is 0 Å². The van der Waals surface area contributed by atoms with Gasteiger partial charge < -0.3 is 10.6 Å². The molecule has 2 rings (SSSR count). The van der Waals surface area contributed by atoms with Crippen LogP contribution >= 0.6 is 0 Å². The summed E-state index contributed by atoms with van der Waals surface area (Å²) < 4.78 is 0. The highest BCUT2D eigenvalue weighted by molar-refractivity contribution is 4.82. The van der Waals surface area contributed by atoms with Crippen LogP contribution in [0.3, 0.4) is 0 Å². The fourth-order valence-electron chi connectivity index (χ4n) is 3.53. The monoisotopic (exact) mass is 224 g/mol. The van der Waals surface area contributed by atoms with E-state index in [-0.39, 0.29) is 0 Å². The van der Waals surface area contributed by atoms with E-state index in [2.05, 4.69) is 11.8 Å². The molecule has 0 amide bonds. The van der Waals surface area contributed by atoms with Gasteiger partial charge in [0, 0.05) is 25.7 Å². The zero-order valence-electron chi connectivity index (χ0n) is 10.8. The molecule has 1 saturated heterocycles. The van der Waals surface area contributed by atoms with Crippen molar-refractivity contribution < 1.29 is 0 Å². The molecule has 2 nitrogen and oxygen atoms in total. The largest absolute Gasteiger partial charge is 0.327 e. The van der Waals surface area contributed by atoms with Crippen molar-refractivity contribution in [1.82, 2.24) is 4.90 Å². The smallest absolute Gasteiger partial charge is 0.0170 e. The first-order chi connectivity index (χ1) is 7.78. The van der Waals surface area contributed by atoms with Crippen LogP contribution in [0.25, 0.3) is 0 Å². The maximum atomic E-state index is 6.15. The lowest BCUT2D eigenvalue weighted by Gasteiger charge is -2.38. The van der Waals surface area contributed by atoms with E-state index in [1.807, 2.05) is 0 Å². The minimum atomic E-state index is 0.433. The summed E-state index contributed by atoms with van der Waals surface area (Å²) >= 11 is 0. The molecular formula is C14H28N2. The van der Waals surface area contributed by atoms with Crippen LogP contribution in [0.2, 0.25) is 0 Å². The van der Waals surface area contributed by atoms with Crippen molar-refractivity contribution in [2.75, 3.05) is 19.6 Å². The highest BCUT2D eigenvalue weighted by atomic mass is 15.1. The lowest BCUT2D eigenvalue weighted by atomic mass is 9.87. The van der Waals surface area contributed by atoms with Crippen molar-refractivity contribution >= 4 is 0 Å². The lowest BCUT2D eigenvalue weighted by Crippen LogP contribution is -2.48. The number of nitrogens with zero attached hydrogens (tertiary/aromatic N) is 1. The normalized spacial score (nSPS) is 34.1. The van der Waals surface area contributed by atoms with Gasteiger partial charge in [0.15, 0.2) is 0 Å². The second-order valence-electron chi connectivity index (χ2n) is 5.99. The van der Waals surface area contributed by atoms with Crippen LogP contribution in [0.4, 0.5) is 0 Å². The molecule has 1 aliphatic heterocycles. The van der Waals surface area contributed by atoms with Crippen LogP contribution in [-0.2, 0) is 0 Å². The summed E-state index contributed by atoms with van der Waals surface area (Å²) in [6.45, 7) is 6.08. The maximum Gasteiger partial charge on any atom is 0.0170 e. The number of hydrogen-bond donors (Lipinski definition) is 1. The maximum absolute atomic E-state index is 6.15. The van der Waals surface area contributed by atoms with Crippen molar-refractivity contribution in [2.24, 2.45) is 17.6 Å². The van der Waals surface area contributed by atoms with Gasteiger partial charge in [-0.3, -0.25) is 0 Å². The van der Waals surface area contributed by atoms with Crippen molar-refractivity contribution in [3.63, 3.8) is 0 Å². The number of piperidine rings is 1. The lowest BCUT2D eigenvalue weighted by molar-refractivity contribution is 0.122. The highest BCUT2D eigenvalue weighted by Gasteiger charge is 2.26. The first-order valence-corrected chi connectivity index (χ1v) is 7.26. The first-order valence-electron chi connectivity index (χ1n) is 7.26. The molecule has 2 atom stereocenters. The summed E-state index contributed by atoms with van der Waals surface area (Å²) in [5.74, 6) is 1.82. The van der Waals surface area contributed by atoms with E-state index in [1.165, 1.54) is 58.0 Å². The zero-order chi connectivity index (χ0) is 11.4. The standard InChI is InChI=1S/C14H28N2/c1-2-12-8-14(15)11-16(9-12)10-13-6-4-3-5-7-13/h12-14H,2-11,15H2,1H3. The van der Waals surface area contributed by atoms with E-state index in [4.69, 9.17) is 5.73 Å². The topological polar surface area (TPSA) is 29.3 Å². The van der Waals surface area contributed by atoms with Crippen LogP contribution in [0.1, 0.15) is 51.9 Å². The van der Waals surface area contributed by atoms with Crippen molar-refractivity contribution in [3.05, 3.63) is 0 Å². The van der Waals surface area contributed by atoms with Crippen molar-refractivity contribution in [3.8, 4) is 0 Å². The zero-order valence-corrected chi connectivity index (χ0v) is 10.8. The van der Waals surface area contributed by atoms with Crippen LogP contribution in [0, 0.1) is 11.8 Å². The Kier molecular flexibility index (Phi) is 4.66. The van der Waals surface area contributed by atoms with Gasteiger partial charge in [-0.2, -0.15) is 0 Å². The van der Waals surface area contributed by atoms with Gasteiger partial charge in [0.2, 0.25) is 0 Å². The first kappa shape index (κ1) is 12.4. The summed E-state index contributed by atoms with van der Waals surface area (Å²) in [5.41, 5.74) is 6.15. The fourth-order valence-corrected chi connectivity index (χ4v) is 3.53. The SMILES string of the molecule is CCC1CC(N)CN(CC2CCCCC2)C1. The number of nitrogens with two attached hydrogens (primary N) is 1. The van der Waals surface area contributed by atoms with Crippen molar-refractivity contribution in [2.45, 2.75) is 57.9 Å². The van der Waals surface area contributed by atoms with E-state index >= 15 is 0 Å². The van der Waals surface area contributed by atoms with Gasteiger partial charge in [-0.05, 0) is 31.1 Å². The molecule has 0 radical (unpaired) electrons. The second-order valence-corrected chi connectivity index (χ2v) is 5.99. The van der Waals surface area contributed by atoms with Crippen LogP contribution in [0.15, 0.2) is 0 Å². The average molecular weight is 224 g/mol. The third kappa shape index (κ3) is 3.46. The highest BCUT2D eigenvalue weighted by Crippen LogP contribution is 2.26. The molecule has 0 spiro atoms. The predicted molar refractivity (Wildman–Crippen MR) is 69.4 cm³/mol. The van der Waals surface area contributed by atoms with E-state index in [1.54, 1.807) is 0 Å². The number of hydrogen-bond acceptors (Lipinski definition) is 2. The molecule has 0 bridgehead atoms. The van der Waals surface area contributed by atoms with Gasteiger partial charge in [0.05, 0.1) is 0 Å². The van der Waals surface area contributed by atoms with Gasteiger partial charge in [-0.1, -0.05) is 32.6 Å². The molecule has 1 aliphatic carbocycles. The van der Waals surface area contributed by atoms with Gasteiger partial charge in [-0.25, -0.2) is 0 Å². The summed E-state index contributed by atoms with van der Waals surface area (Å²) in [7, 11) is 0. The van der Waals surface area contributed by atoms with Crippen LogP contribution in [0.5, 0.6) is 0 Å². The Labute approximate surface area is 101 Å². The van der Waals surface area contributed by atoms with E-state index in [0.29, 0.717) is 6.04 Å². The predicted octanol–water partition coefficient (Wildman–Crippen LogP) is 2.63. The molecule has 2 heteroatoms. The Bertz CT molecular complexity index is 199. The van der Waals surface area contributed by atoms with E-state index in [9.17, 15) is 0 Å². The quantitative estimate of drug-likeness (QED) is 0.798. The minimum absolute atomic E-state index is 0.433. The molecule has 2 fully saturated rings. The Morgan fingerprint density at radius 1 is 1.06 bits per heavy atom. The third-order valence-corrected chi connectivity index (χ3v) is 4.46.